The van der Waals surface area contributed by atoms with Gasteiger partial charge in [-0.05, 0) is 44.4 Å². The van der Waals surface area contributed by atoms with Crippen molar-refractivity contribution in [3.8, 4) is 0 Å². The highest BCUT2D eigenvalue weighted by Crippen LogP contribution is 2.39. The van der Waals surface area contributed by atoms with Crippen LogP contribution < -0.4 is 10.6 Å². The third-order valence-corrected chi connectivity index (χ3v) is 5.82. The Kier molecular flexibility index (Phi) is 6.26. The van der Waals surface area contributed by atoms with Gasteiger partial charge in [-0.25, -0.2) is 0 Å². The molecule has 0 amide bonds. The molecule has 1 aromatic heterocycles. The summed E-state index contributed by atoms with van der Waals surface area (Å²) in [4.78, 5) is 4.22. The Bertz CT molecular complexity index is 654. The number of fused-ring (bicyclic) bond motifs is 1. The van der Waals surface area contributed by atoms with Crippen molar-refractivity contribution in [2.45, 2.75) is 58.2 Å². The molecular formula is C18H29F3N6. The Hall–Kier alpha value is -1.80. The van der Waals surface area contributed by atoms with Gasteiger partial charge in [-0.15, -0.1) is 10.2 Å². The molecule has 2 heterocycles. The molecule has 2 N–H and O–H groups in total. The molecule has 0 spiro atoms. The van der Waals surface area contributed by atoms with Gasteiger partial charge in [-0.2, -0.15) is 13.2 Å². The lowest BCUT2D eigenvalue weighted by Crippen LogP contribution is -2.44. The summed E-state index contributed by atoms with van der Waals surface area (Å²) in [6.07, 6.45) is -0.151. The Labute approximate surface area is 158 Å². The van der Waals surface area contributed by atoms with E-state index in [0.29, 0.717) is 24.8 Å². The van der Waals surface area contributed by atoms with Crippen LogP contribution in [-0.2, 0) is 13.0 Å². The minimum absolute atomic E-state index is 0.0424. The van der Waals surface area contributed by atoms with E-state index >= 15 is 0 Å². The van der Waals surface area contributed by atoms with Gasteiger partial charge in [-0.1, -0.05) is 6.42 Å². The van der Waals surface area contributed by atoms with Crippen LogP contribution in [-0.4, -0.2) is 47.0 Å². The summed E-state index contributed by atoms with van der Waals surface area (Å²) < 4.78 is 41.0. The maximum atomic E-state index is 12.9. The normalized spacial score (nSPS) is 26.6. The van der Waals surface area contributed by atoms with Crippen molar-refractivity contribution in [1.29, 1.82) is 0 Å². The minimum Gasteiger partial charge on any atom is -0.356 e. The van der Waals surface area contributed by atoms with E-state index in [1.54, 1.807) is 7.05 Å². The summed E-state index contributed by atoms with van der Waals surface area (Å²) in [5.74, 6) is 1.99. The molecule has 0 radical (unpaired) electrons. The molecule has 9 heteroatoms. The largest absolute Gasteiger partial charge is 0.391 e. The molecule has 3 unspecified atom stereocenters. The van der Waals surface area contributed by atoms with E-state index in [4.69, 9.17) is 0 Å². The summed E-state index contributed by atoms with van der Waals surface area (Å²) in [5, 5.41) is 14.8. The molecular weight excluding hydrogens is 357 g/mol. The quantitative estimate of drug-likeness (QED) is 0.617. The number of nitrogens with one attached hydrogen (secondary N) is 2. The highest BCUT2D eigenvalue weighted by molar-refractivity contribution is 5.79. The summed E-state index contributed by atoms with van der Waals surface area (Å²) in [6.45, 7) is 4.15. The number of aromatic nitrogens is 3. The summed E-state index contributed by atoms with van der Waals surface area (Å²) in [5.41, 5.74) is 0. The van der Waals surface area contributed by atoms with Crippen LogP contribution in [0.4, 0.5) is 13.2 Å². The molecule has 1 fully saturated rings. The predicted octanol–water partition coefficient (Wildman–Crippen LogP) is 2.68. The zero-order valence-electron chi connectivity index (χ0n) is 16.0. The maximum absolute atomic E-state index is 12.9. The third-order valence-electron chi connectivity index (χ3n) is 5.82. The van der Waals surface area contributed by atoms with Crippen molar-refractivity contribution < 1.29 is 13.2 Å². The van der Waals surface area contributed by atoms with Crippen molar-refractivity contribution in [2.75, 3.05) is 20.1 Å². The van der Waals surface area contributed by atoms with E-state index in [1.165, 1.54) is 0 Å². The Balaban J connectivity index is 1.43. The monoisotopic (exact) mass is 386 g/mol. The minimum atomic E-state index is -4.07. The topological polar surface area (TPSA) is 67.1 Å². The lowest BCUT2D eigenvalue weighted by molar-refractivity contribution is -0.185. The van der Waals surface area contributed by atoms with Gasteiger partial charge < -0.3 is 15.2 Å². The predicted molar refractivity (Wildman–Crippen MR) is 97.4 cm³/mol. The fraction of sp³-hybridized carbons (Fsp3) is 0.833. The molecule has 1 saturated carbocycles. The fourth-order valence-corrected chi connectivity index (χ4v) is 4.17. The smallest absolute Gasteiger partial charge is 0.356 e. The number of hydrogen-bond donors (Lipinski definition) is 2. The summed E-state index contributed by atoms with van der Waals surface area (Å²) in [6, 6.07) is 0. The highest BCUT2D eigenvalue weighted by atomic mass is 19.4. The van der Waals surface area contributed by atoms with E-state index in [0.717, 1.165) is 44.0 Å². The van der Waals surface area contributed by atoms with Crippen LogP contribution in [0.5, 0.6) is 0 Å². The van der Waals surface area contributed by atoms with Gasteiger partial charge in [0.15, 0.2) is 5.96 Å². The fourth-order valence-electron chi connectivity index (χ4n) is 4.17. The number of alkyl halides is 3. The number of rotatable bonds is 4. The molecule has 2 aliphatic rings. The zero-order chi connectivity index (χ0) is 19.4. The molecule has 3 atom stereocenters. The number of hydrogen-bond acceptors (Lipinski definition) is 3. The van der Waals surface area contributed by atoms with E-state index in [9.17, 15) is 13.2 Å². The van der Waals surface area contributed by atoms with Gasteiger partial charge in [0.05, 0.1) is 5.92 Å². The molecule has 0 saturated heterocycles. The standard InChI is InChI=1S/C18H29F3N6/c1-12-25-26-16-7-6-14(11-27(12)16)10-24-17(22-2)23-9-13-4-3-5-15(8-13)18(19,20)21/h13-15H,3-11H2,1-2H3,(H2,22,23,24). The lowest BCUT2D eigenvalue weighted by Gasteiger charge is -2.31. The molecule has 1 aliphatic heterocycles. The third kappa shape index (κ3) is 5.13. The van der Waals surface area contributed by atoms with Crippen LogP contribution in [0.25, 0.3) is 0 Å². The molecule has 0 bridgehead atoms. The van der Waals surface area contributed by atoms with Gasteiger partial charge in [0.1, 0.15) is 11.6 Å². The molecule has 6 nitrogen and oxygen atoms in total. The van der Waals surface area contributed by atoms with E-state index in [1.807, 2.05) is 6.92 Å². The second-order valence-corrected chi connectivity index (χ2v) is 7.78. The first kappa shape index (κ1) is 19.9. The van der Waals surface area contributed by atoms with E-state index in [-0.39, 0.29) is 18.8 Å². The van der Waals surface area contributed by atoms with Gasteiger partial charge in [0.25, 0.3) is 0 Å². The van der Waals surface area contributed by atoms with Gasteiger partial charge in [0.2, 0.25) is 0 Å². The first-order valence-electron chi connectivity index (χ1n) is 9.76. The number of halogens is 3. The van der Waals surface area contributed by atoms with Gasteiger partial charge >= 0.3 is 6.18 Å². The van der Waals surface area contributed by atoms with Crippen LogP contribution in [0.3, 0.4) is 0 Å². The van der Waals surface area contributed by atoms with Crippen LogP contribution in [0, 0.1) is 24.7 Å². The van der Waals surface area contributed by atoms with Crippen molar-refractivity contribution in [2.24, 2.45) is 22.7 Å². The number of aliphatic imine (C=N–C) groups is 1. The van der Waals surface area contributed by atoms with Crippen molar-refractivity contribution in [3.05, 3.63) is 11.6 Å². The van der Waals surface area contributed by atoms with Crippen LogP contribution in [0.15, 0.2) is 4.99 Å². The average Bonchev–Trinajstić information content (AvgIpc) is 3.02. The summed E-state index contributed by atoms with van der Waals surface area (Å²) in [7, 11) is 1.69. The average molecular weight is 386 g/mol. The molecule has 1 aromatic rings. The lowest BCUT2D eigenvalue weighted by atomic mass is 9.81. The highest BCUT2D eigenvalue weighted by Gasteiger charge is 2.42. The molecule has 27 heavy (non-hydrogen) atoms. The van der Waals surface area contributed by atoms with Crippen LogP contribution in [0.1, 0.15) is 43.8 Å². The zero-order valence-corrected chi connectivity index (χ0v) is 16.0. The van der Waals surface area contributed by atoms with Crippen LogP contribution in [0.2, 0.25) is 0 Å². The molecule has 1 aliphatic carbocycles. The second kappa shape index (κ2) is 8.48. The molecule has 0 aromatic carbocycles. The Morgan fingerprint density at radius 2 is 1.89 bits per heavy atom. The molecule has 152 valence electrons. The Morgan fingerprint density at radius 3 is 2.59 bits per heavy atom. The Morgan fingerprint density at radius 1 is 1.15 bits per heavy atom. The SMILES string of the molecule is CN=C(NCC1CCCC(C(F)(F)F)C1)NCC1CCc2nnc(C)n2C1. The maximum Gasteiger partial charge on any atom is 0.391 e. The van der Waals surface area contributed by atoms with Crippen molar-refractivity contribution >= 4 is 5.96 Å². The first-order chi connectivity index (χ1) is 12.9. The first-order valence-corrected chi connectivity index (χ1v) is 9.76. The van der Waals surface area contributed by atoms with E-state index < -0.39 is 12.1 Å². The summed E-state index contributed by atoms with van der Waals surface area (Å²) >= 11 is 0. The number of aryl methyl sites for hydroxylation is 2. The molecule has 3 rings (SSSR count). The number of nitrogens with zero attached hydrogens (tertiary/aromatic N) is 4. The van der Waals surface area contributed by atoms with E-state index in [2.05, 4.69) is 30.4 Å². The van der Waals surface area contributed by atoms with Crippen LogP contribution >= 0.6 is 0 Å². The number of guanidine groups is 1. The second-order valence-electron chi connectivity index (χ2n) is 7.78. The van der Waals surface area contributed by atoms with Crippen molar-refractivity contribution in [1.82, 2.24) is 25.4 Å². The van der Waals surface area contributed by atoms with Gasteiger partial charge in [0, 0.05) is 33.1 Å². The van der Waals surface area contributed by atoms with Crippen molar-refractivity contribution in [3.63, 3.8) is 0 Å². The van der Waals surface area contributed by atoms with Gasteiger partial charge in [-0.3, -0.25) is 4.99 Å².